The van der Waals surface area contributed by atoms with Gasteiger partial charge in [0, 0.05) is 33.1 Å². The minimum atomic E-state index is -0.245. The molecular formula is C21H22ClN9O. The van der Waals surface area contributed by atoms with Crippen molar-refractivity contribution in [2.45, 2.75) is 19.9 Å². The number of nitrogens with one attached hydrogen (secondary N) is 2. The number of benzene rings is 1. The number of H-pyrrole nitrogens is 1. The molecule has 0 spiro atoms. The van der Waals surface area contributed by atoms with Crippen molar-refractivity contribution >= 4 is 51.2 Å². The summed E-state index contributed by atoms with van der Waals surface area (Å²) >= 11 is 6.56. The Morgan fingerprint density at radius 2 is 1.97 bits per heavy atom. The Hall–Kier alpha value is -3.53. The summed E-state index contributed by atoms with van der Waals surface area (Å²) < 4.78 is 0. The third-order valence-electron chi connectivity index (χ3n) is 5.65. The molecule has 0 unspecified atom stereocenters. The Morgan fingerprint density at radius 1 is 1.16 bits per heavy atom. The van der Waals surface area contributed by atoms with Gasteiger partial charge in [0.05, 0.1) is 28.3 Å². The maximum atomic E-state index is 11.7. The zero-order chi connectivity index (χ0) is 22.2. The molecule has 11 heteroatoms. The fourth-order valence-electron chi connectivity index (χ4n) is 3.94. The molecule has 2 N–H and O–H groups in total. The second-order valence-electron chi connectivity index (χ2n) is 7.72. The maximum absolute atomic E-state index is 11.7. The van der Waals surface area contributed by atoms with E-state index in [0.717, 1.165) is 16.7 Å². The lowest BCUT2D eigenvalue weighted by atomic mass is 10.2. The highest BCUT2D eigenvalue weighted by atomic mass is 35.5. The summed E-state index contributed by atoms with van der Waals surface area (Å²) in [7, 11) is 0. The number of aromatic nitrogens is 6. The summed E-state index contributed by atoms with van der Waals surface area (Å²) in [5, 5.41) is 4.78. The molecule has 32 heavy (non-hydrogen) atoms. The number of amides is 1. The van der Waals surface area contributed by atoms with Crippen molar-refractivity contribution in [3.63, 3.8) is 0 Å². The Labute approximate surface area is 189 Å². The van der Waals surface area contributed by atoms with Gasteiger partial charge in [0.2, 0.25) is 5.91 Å². The molecule has 1 aliphatic rings. The average Bonchev–Trinajstić information content (AvgIpc) is 3.28. The minimum Gasteiger partial charge on any atom is -0.358 e. The lowest BCUT2D eigenvalue weighted by Gasteiger charge is -2.35. The standard InChI is InChI=1S/C21H22ClN9O/c1-12(27-20-17-19(24-10-23-17)25-11-26-20)18-28-15-5-3-4-14(22)16(15)21(29-18)31-8-6-30(7-9-31)13(2)32/h3-5,10-12H,6-9H2,1-2H3,(H2,23,24,25,26,27)/t12-/m0/s1. The van der Waals surface area contributed by atoms with E-state index in [2.05, 4.69) is 30.2 Å². The third-order valence-corrected chi connectivity index (χ3v) is 5.97. The molecule has 0 aliphatic carbocycles. The Bertz CT molecular complexity index is 1300. The van der Waals surface area contributed by atoms with E-state index < -0.39 is 0 Å². The second-order valence-corrected chi connectivity index (χ2v) is 8.13. The molecular weight excluding hydrogens is 430 g/mol. The summed E-state index contributed by atoms with van der Waals surface area (Å²) in [5.74, 6) is 2.09. The predicted octanol–water partition coefficient (Wildman–Crippen LogP) is 2.79. The molecule has 10 nitrogen and oxygen atoms in total. The number of nitrogens with zero attached hydrogens (tertiary/aromatic N) is 7. The van der Waals surface area contributed by atoms with Crippen LogP contribution in [0.3, 0.4) is 0 Å². The summed E-state index contributed by atoms with van der Waals surface area (Å²) in [6.07, 6.45) is 3.07. The lowest BCUT2D eigenvalue weighted by Crippen LogP contribution is -2.48. The van der Waals surface area contributed by atoms with E-state index in [1.807, 2.05) is 30.0 Å². The van der Waals surface area contributed by atoms with Crippen molar-refractivity contribution < 1.29 is 4.79 Å². The number of carbonyl (C=O) groups excluding carboxylic acids is 1. The van der Waals surface area contributed by atoms with Crippen molar-refractivity contribution in [2.24, 2.45) is 0 Å². The normalized spacial score (nSPS) is 15.3. The SMILES string of the molecule is CC(=O)N1CCN(c2nc([C@H](C)Nc3ncnc4[nH]cnc34)nc3cccc(Cl)c23)CC1. The van der Waals surface area contributed by atoms with Crippen molar-refractivity contribution in [3.05, 3.63) is 41.7 Å². The van der Waals surface area contributed by atoms with Crippen LogP contribution in [0, 0.1) is 0 Å². The average molecular weight is 452 g/mol. The number of piperazine rings is 1. The number of fused-ring (bicyclic) bond motifs is 2. The number of hydrogen-bond donors (Lipinski definition) is 2. The largest absolute Gasteiger partial charge is 0.358 e. The van der Waals surface area contributed by atoms with Crippen LogP contribution in [-0.2, 0) is 4.79 Å². The summed E-state index contributed by atoms with van der Waals surface area (Å²) in [6, 6.07) is 5.42. The molecule has 4 heterocycles. The molecule has 4 aromatic rings. The van der Waals surface area contributed by atoms with Gasteiger partial charge in [-0.15, -0.1) is 0 Å². The van der Waals surface area contributed by atoms with E-state index in [1.54, 1.807) is 13.3 Å². The van der Waals surface area contributed by atoms with Crippen molar-refractivity contribution in [2.75, 3.05) is 36.4 Å². The molecule has 1 fully saturated rings. The van der Waals surface area contributed by atoms with Crippen LogP contribution in [0.2, 0.25) is 5.02 Å². The van der Waals surface area contributed by atoms with Gasteiger partial charge >= 0.3 is 0 Å². The number of imidazole rings is 1. The van der Waals surface area contributed by atoms with Crippen molar-refractivity contribution in [1.82, 2.24) is 34.8 Å². The van der Waals surface area contributed by atoms with Gasteiger partial charge in [-0.3, -0.25) is 4.79 Å². The number of anilines is 2. The van der Waals surface area contributed by atoms with E-state index in [9.17, 15) is 4.79 Å². The second kappa shape index (κ2) is 8.19. The highest BCUT2D eigenvalue weighted by molar-refractivity contribution is 6.36. The lowest BCUT2D eigenvalue weighted by molar-refractivity contribution is -0.129. The zero-order valence-electron chi connectivity index (χ0n) is 17.7. The molecule has 1 aromatic carbocycles. The highest BCUT2D eigenvalue weighted by Gasteiger charge is 2.24. The van der Waals surface area contributed by atoms with Gasteiger partial charge < -0.3 is 20.1 Å². The fourth-order valence-corrected chi connectivity index (χ4v) is 4.19. The van der Waals surface area contributed by atoms with Crippen LogP contribution in [-0.4, -0.2) is 66.9 Å². The zero-order valence-corrected chi connectivity index (χ0v) is 18.5. The van der Waals surface area contributed by atoms with Gasteiger partial charge in [0.25, 0.3) is 0 Å². The Morgan fingerprint density at radius 3 is 2.75 bits per heavy atom. The van der Waals surface area contributed by atoms with Gasteiger partial charge in [-0.05, 0) is 19.1 Å². The van der Waals surface area contributed by atoms with Gasteiger partial charge in [-0.2, -0.15) is 0 Å². The Balaban J connectivity index is 1.51. The molecule has 1 aliphatic heterocycles. The third kappa shape index (κ3) is 3.66. The number of rotatable bonds is 4. The molecule has 1 atom stereocenters. The predicted molar refractivity (Wildman–Crippen MR) is 123 cm³/mol. The van der Waals surface area contributed by atoms with Crippen LogP contribution in [0.15, 0.2) is 30.9 Å². The monoisotopic (exact) mass is 451 g/mol. The van der Waals surface area contributed by atoms with Gasteiger partial charge in [-0.25, -0.2) is 24.9 Å². The quantitative estimate of drug-likeness (QED) is 0.486. The first-order chi connectivity index (χ1) is 15.5. The summed E-state index contributed by atoms with van der Waals surface area (Å²) in [5.41, 5.74) is 2.08. The van der Waals surface area contributed by atoms with E-state index in [1.165, 1.54) is 6.33 Å². The number of halogens is 1. The minimum absolute atomic E-state index is 0.0864. The number of aromatic amines is 1. The van der Waals surface area contributed by atoms with Crippen molar-refractivity contribution in [3.8, 4) is 0 Å². The van der Waals surface area contributed by atoms with Gasteiger partial charge in [0.15, 0.2) is 17.3 Å². The molecule has 164 valence electrons. The van der Waals surface area contributed by atoms with E-state index in [-0.39, 0.29) is 11.9 Å². The smallest absolute Gasteiger partial charge is 0.219 e. The van der Waals surface area contributed by atoms with Gasteiger partial charge in [-0.1, -0.05) is 17.7 Å². The molecule has 1 amide bonds. The molecule has 0 saturated carbocycles. The summed E-state index contributed by atoms with van der Waals surface area (Å²) in [4.78, 5) is 41.2. The van der Waals surface area contributed by atoms with Crippen molar-refractivity contribution in [1.29, 1.82) is 0 Å². The molecule has 1 saturated heterocycles. The number of carbonyl (C=O) groups is 1. The highest BCUT2D eigenvalue weighted by Crippen LogP contribution is 2.33. The Kier molecular flexibility index (Phi) is 5.22. The summed E-state index contributed by atoms with van der Waals surface area (Å²) in [6.45, 7) is 6.22. The fraction of sp³-hybridized carbons (Fsp3) is 0.333. The molecule has 0 bridgehead atoms. The van der Waals surface area contributed by atoms with E-state index in [0.29, 0.717) is 54.0 Å². The van der Waals surface area contributed by atoms with Crippen LogP contribution in [0.1, 0.15) is 25.7 Å². The van der Waals surface area contributed by atoms with Crippen LogP contribution in [0.25, 0.3) is 22.1 Å². The maximum Gasteiger partial charge on any atom is 0.219 e. The van der Waals surface area contributed by atoms with Gasteiger partial charge in [0.1, 0.15) is 17.7 Å². The first kappa shape index (κ1) is 20.4. The molecule has 3 aromatic heterocycles. The van der Waals surface area contributed by atoms with Crippen LogP contribution >= 0.6 is 11.6 Å². The molecule has 5 rings (SSSR count). The van der Waals surface area contributed by atoms with E-state index >= 15 is 0 Å². The van der Waals surface area contributed by atoms with Crippen LogP contribution in [0.4, 0.5) is 11.6 Å². The number of hydrogen-bond acceptors (Lipinski definition) is 8. The van der Waals surface area contributed by atoms with E-state index in [4.69, 9.17) is 21.6 Å². The van der Waals surface area contributed by atoms with Crippen LogP contribution < -0.4 is 10.2 Å². The molecule has 0 radical (unpaired) electrons. The van der Waals surface area contributed by atoms with Crippen LogP contribution in [0.5, 0.6) is 0 Å². The first-order valence-electron chi connectivity index (χ1n) is 10.4. The first-order valence-corrected chi connectivity index (χ1v) is 10.8. The topological polar surface area (TPSA) is 116 Å².